The molecule has 3 amide bonds. The van der Waals surface area contributed by atoms with Crippen molar-refractivity contribution in [2.45, 2.75) is 69.9 Å². The van der Waals surface area contributed by atoms with E-state index in [1.165, 1.54) is 0 Å². The maximum atomic E-state index is 14.3. The molecule has 1 aliphatic carbocycles. The first-order valence-corrected chi connectivity index (χ1v) is 14.4. The molecule has 39 heavy (non-hydrogen) atoms. The molecule has 2 aliphatic heterocycles. The largest absolute Gasteiger partial charge is 0.369 e. The molecule has 7 nitrogen and oxygen atoms in total. The van der Waals surface area contributed by atoms with E-state index in [9.17, 15) is 14.4 Å². The van der Waals surface area contributed by atoms with Crippen molar-refractivity contribution in [3.63, 3.8) is 0 Å². The van der Waals surface area contributed by atoms with Gasteiger partial charge in [-0.25, -0.2) is 0 Å². The molecule has 1 saturated heterocycles. The fourth-order valence-corrected chi connectivity index (χ4v) is 7.33. The summed E-state index contributed by atoms with van der Waals surface area (Å²) >= 11 is 6.28. The number of halogens is 1. The Morgan fingerprint density at radius 3 is 2.46 bits per heavy atom. The van der Waals surface area contributed by atoms with E-state index < -0.39 is 22.7 Å². The van der Waals surface area contributed by atoms with Gasteiger partial charge < -0.3 is 20.9 Å². The SMILES string of the molecule is CNC1CCC(C(N)=O)([C@H](Cc2cccc(Cl)c2)C(=O)N2CCC(N3C(=O)C(C)(C)c4ccccc43)CC2)C1. The number of hydrogen-bond acceptors (Lipinski definition) is 4. The normalized spacial score (nSPS) is 25.5. The van der Waals surface area contributed by atoms with Crippen molar-refractivity contribution in [1.82, 2.24) is 10.2 Å². The number of nitrogens with zero attached hydrogens (tertiary/aromatic N) is 2. The topological polar surface area (TPSA) is 95.7 Å². The van der Waals surface area contributed by atoms with E-state index in [2.05, 4.69) is 5.32 Å². The van der Waals surface area contributed by atoms with Crippen LogP contribution in [-0.4, -0.2) is 54.8 Å². The van der Waals surface area contributed by atoms with Gasteiger partial charge in [-0.2, -0.15) is 0 Å². The number of amides is 3. The molecular formula is C31H39ClN4O3. The van der Waals surface area contributed by atoms with Crippen molar-refractivity contribution in [2.24, 2.45) is 17.1 Å². The second-order valence-corrected chi connectivity index (χ2v) is 12.4. The molecule has 0 bridgehead atoms. The summed E-state index contributed by atoms with van der Waals surface area (Å²) in [5, 5.41) is 3.89. The lowest BCUT2D eigenvalue weighted by molar-refractivity contribution is -0.148. The van der Waals surface area contributed by atoms with E-state index in [0.29, 0.717) is 50.2 Å². The third kappa shape index (κ3) is 4.84. The Kier molecular flexibility index (Phi) is 7.51. The third-order valence-corrected chi connectivity index (χ3v) is 9.71. The van der Waals surface area contributed by atoms with Gasteiger partial charge in [-0.1, -0.05) is 41.9 Å². The van der Waals surface area contributed by atoms with Gasteiger partial charge in [0.25, 0.3) is 0 Å². The monoisotopic (exact) mass is 550 g/mol. The van der Waals surface area contributed by atoms with E-state index in [4.69, 9.17) is 17.3 Å². The third-order valence-electron chi connectivity index (χ3n) is 9.47. The van der Waals surface area contributed by atoms with Gasteiger partial charge >= 0.3 is 0 Å². The summed E-state index contributed by atoms with van der Waals surface area (Å²) in [6.07, 6.45) is 3.71. The lowest BCUT2D eigenvalue weighted by Gasteiger charge is -2.42. The van der Waals surface area contributed by atoms with Crippen LogP contribution in [0.5, 0.6) is 0 Å². The molecule has 2 aromatic rings. The number of para-hydroxylation sites is 1. The lowest BCUT2D eigenvalue weighted by atomic mass is 9.69. The van der Waals surface area contributed by atoms with Gasteiger partial charge in [0.2, 0.25) is 17.7 Å². The summed E-state index contributed by atoms with van der Waals surface area (Å²) in [6.45, 7) is 5.03. The number of piperidine rings is 1. The van der Waals surface area contributed by atoms with Gasteiger partial charge in [0.15, 0.2) is 0 Å². The fraction of sp³-hybridized carbons (Fsp3) is 0.516. The van der Waals surface area contributed by atoms with Crippen LogP contribution < -0.4 is 16.0 Å². The minimum atomic E-state index is -0.919. The first-order chi connectivity index (χ1) is 18.6. The van der Waals surface area contributed by atoms with Crippen molar-refractivity contribution < 1.29 is 14.4 Å². The van der Waals surface area contributed by atoms with E-state index in [0.717, 1.165) is 23.2 Å². The first-order valence-electron chi connectivity index (χ1n) is 14.0. The Bertz CT molecular complexity index is 1270. The number of fused-ring (bicyclic) bond motifs is 1. The number of hydrogen-bond donors (Lipinski definition) is 2. The Labute approximate surface area is 236 Å². The van der Waals surface area contributed by atoms with E-state index in [1.807, 2.05) is 79.2 Å². The van der Waals surface area contributed by atoms with Crippen molar-refractivity contribution in [3.05, 3.63) is 64.7 Å². The molecule has 3 aliphatic rings. The number of likely N-dealkylation sites (tertiary alicyclic amines) is 1. The predicted molar refractivity (Wildman–Crippen MR) is 154 cm³/mol. The zero-order chi connectivity index (χ0) is 27.9. The Hall–Kier alpha value is -2.90. The molecule has 0 aromatic heterocycles. The molecular weight excluding hydrogens is 512 g/mol. The highest BCUT2D eigenvalue weighted by Gasteiger charge is 2.53. The van der Waals surface area contributed by atoms with Crippen LogP contribution in [0, 0.1) is 11.3 Å². The molecule has 0 radical (unpaired) electrons. The summed E-state index contributed by atoms with van der Waals surface area (Å²) in [5.74, 6) is -0.894. The highest BCUT2D eigenvalue weighted by molar-refractivity contribution is 6.30. The predicted octanol–water partition coefficient (Wildman–Crippen LogP) is 4.06. The van der Waals surface area contributed by atoms with Crippen LogP contribution in [0.15, 0.2) is 48.5 Å². The lowest BCUT2D eigenvalue weighted by Crippen LogP contribution is -2.54. The molecule has 208 valence electrons. The fourth-order valence-electron chi connectivity index (χ4n) is 7.12. The van der Waals surface area contributed by atoms with Gasteiger partial charge in [0, 0.05) is 35.9 Å². The molecule has 0 spiro atoms. The zero-order valence-corrected chi connectivity index (χ0v) is 23.8. The van der Waals surface area contributed by atoms with Gasteiger partial charge in [-0.3, -0.25) is 14.4 Å². The summed E-state index contributed by atoms with van der Waals surface area (Å²) in [4.78, 5) is 44.6. The average Bonchev–Trinajstić information content (AvgIpc) is 3.45. The van der Waals surface area contributed by atoms with Gasteiger partial charge in [0.05, 0.1) is 16.7 Å². The summed E-state index contributed by atoms with van der Waals surface area (Å²) in [6, 6.07) is 15.7. The van der Waals surface area contributed by atoms with Crippen molar-refractivity contribution in [3.8, 4) is 0 Å². The number of rotatable bonds is 7. The van der Waals surface area contributed by atoms with Crippen molar-refractivity contribution in [1.29, 1.82) is 0 Å². The van der Waals surface area contributed by atoms with E-state index in [1.54, 1.807) is 0 Å². The first kappa shape index (κ1) is 27.7. The second-order valence-electron chi connectivity index (χ2n) is 12.0. The minimum absolute atomic E-state index is 0.0288. The van der Waals surface area contributed by atoms with Gasteiger partial charge in [0.1, 0.15) is 0 Å². The Morgan fingerprint density at radius 2 is 1.82 bits per heavy atom. The smallest absolute Gasteiger partial charge is 0.237 e. The number of carbonyl (C=O) groups excluding carboxylic acids is 3. The number of carbonyl (C=O) groups is 3. The van der Waals surface area contributed by atoms with Crippen LogP contribution in [0.1, 0.15) is 57.1 Å². The van der Waals surface area contributed by atoms with Crippen LogP contribution in [-0.2, 0) is 26.2 Å². The maximum absolute atomic E-state index is 14.3. The molecule has 3 N–H and O–H groups in total. The minimum Gasteiger partial charge on any atom is -0.369 e. The molecule has 2 fully saturated rings. The Morgan fingerprint density at radius 1 is 1.10 bits per heavy atom. The summed E-state index contributed by atoms with van der Waals surface area (Å²) in [7, 11) is 1.89. The molecule has 2 heterocycles. The summed E-state index contributed by atoms with van der Waals surface area (Å²) < 4.78 is 0. The van der Waals surface area contributed by atoms with Crippen LogP contribution in [0.25, 0.3) is 0 Å². The summed E-state index contributed by atoms with van der Waals surface area (Å²) in [5.41, 5.74) is 7.56. The van der Waals surface area contributed by atoms with Crippen LogP contribution in [0.3, 0.4) is 0 Å². The zero-order valence-electron chi connectivity index (χ0n) is 23.1. The van der Waals surface area contributed by atoms with Crippen LogP contribution >= 0.6 is 11.6 Å². The standard InChI is InChI=1S/C31H39ClN4O3/c1-30(2)24-9-4-5-10-26(24)36(29(30)39)23-12-15-35(16-13-23)27(37)25(18-20-7-6-8-21(32)17-20)31(28(33)38)14-11-22(19-31)34-3/h4-10,17,22-23,25,34H,11-16,18-19H2,1-3H3,(H2,33,38)/t22?,25-,31?/m1/s1. The van der Waals surface area contributed by atoms with Gasteiger partial charge in [-0.05, 0) is 88.7 Å². The average molecular weight is 551 g/mol. The molecule has 8 heteroatoms. The molecule has 3 atom stereocenters. The number of nitrogens with two attached hydrogens (primary N) is 1. The number of primary amides is 1. The number of benzene rings is 2. The molecule has 2 unspecified atom stereocenters. The molecule has 1 saturated carbocycles. The van der Waals surface area contributed by atoms with Crippen molar-refractivity contribution >= 4 is 35.0 Å². The van der Waals surface area contributed by atoms with Crippen LogP contribution in [0.2, 0.25) is 5.02 Å². The molecule has 2 aromatic carbocycles. The van der Waals surface area contributed by atoms with Crippen molar-refractivity contribution in [2.75, 3.05) is 25.0 Å². The van der Waals surface area contributed by atoms with Crippen LogP contribution in [0.4, 0.5) is 5.69 Å². The number of nitrogens with one attached hydrogen (secondary N) is 1. The molecule has 5 rings (SSSR count). The second kappa shape index (κ2) is 10.6. The number of anilines is 1. The maximum Gasteiger partial charge on any atom is 0.237 e. The van der Waals surface area contributed by atoms with E-state index in [-0.39, 0.29) is 23.9 Å². The highest BCUT2D eigenvalue weighted by atomic mass is 35.5. The highest BCUT2D eigenvalue weighted by Crippen LogP contribution is 2.47. The Balaban J connectivity index is 1.38. The van der Waals surface area contributed by atoms with Gasteiger partial charge in [-0.15, -0.1) is 0 Å². The van der Waals surface area contributed by atoms with E-state index >= 15 is 0 Å². The quantitative estimate of drug-likeness (QED) is 0.543.